The third-order valence-corrected chi connectivity index (χ3v) is 7.13. The van der Waals surface area contributed by atoms with Crippen LogP contribution in [-0.2, 0) is 9.47 Å². The lowest BCUT2D eigenvalue weighted by Gasteiger charge is -2.39. The molecule has 2 saturated heterocycles. The molecule has 0 saturated carbocycles. The average molecular weight is 600 g/mol. The van der Waals surface area contributed by atoms with Crippen molar-refractivity contribution in [2.45, 2.75) is 61.4 Å². The van der Waals surface area contributed by atoms with Crippen molar-refractivity contribution in [1.82, 2.24) is 0 Å². The smallest absolute Gasteiger partial charge is 0.229 e. The van der Waals surface area contributed by atoms with Crippen molar-refractivity contribution in [2.24, 2.45) is 0 Å². The molecule has 3 heterocycles. The number of hydrogen-bond donors (Lipinski definition) is 11. The molecule has 2 fully saturated rings. The van der Waals surface area contributed by atoms with Gasteiger partial charge in [0.25, 0.3) is 0 Å². The highest BCUT2D eigenvalue weighted by atomic mass is 16.7. The number of aliphatic hydroxyl groups excluding tert-OH is 8. The Labute approximate surface area is 233 Å². The lowest BCUT2D eigenvalue weighted by atomic mass is 9.99. The van der Waals surface area contributed by atoms with E-state index >= 15 is 0 Å². The summed E-state index contributed by atoms with van der Waals surface area (Å²) in [4.78, 5) is 13.5. The van der Waals surface area contributed by atoms with Crippen LogP contribution in [0.2, 0.25) is 0 Å². The number of benzene rings is 2. The third kappa shape index (κ3) is 4.94. The Bertz CT molecular complexity index is 1520. The van der Waals surface area contributed by atoms with Crippen molar-refractivity contribution in [1.29, 1.82) is 0 Å². The maximum Gasteiger partial charge on any atom is 0.229 e. The molecule has 2 aromatic carbocycles. The highest BCUT2D eigenvalue weighted by Gasteiger charge is 2.46. The molecular formula is C25H28O17. The summed E-state index contributed by atoms with van der Waals surface area (Å²) in [7, 11) is 0. The molecule has 5 rings (SSSR count). The Kier molecular flexibility index (Phi) is 8.07. The molecule has 2 aliphatic heterocycles. The maximum atomic E-state index is 13.5. The average Bonchev–Trinajstić information content (AvgIpc) is 2.95. The van der Waals surface area contributed by atoms with Gasteiger partial charge in [-0.05, 0) is 6.07 Å². The molecule has 2 aliphatic rings. The van der Waals surface area contributed by atoms with Gasteiger partial charge in [-0.15, -0.1) is 0 Å². The summed E-state index contributed by atoms with van der Waals surface area (Å²) in [6, 6.07) is 2.79. The van der Waals surface area contributed by atoms with Crippen molar-refractivity contribution < 1.29 is 79.5 Å². The second kappa shape index (κ2) is 11.3. The first-order valence-electron chi connectivity index (χ1n) is 12.5. The van der Waals surface area contributed by atoms with Gasteiger partial charge in [0.1, 0.15) is 65.4 Å². The monoisotopic (exact) mass is 600 g/mol. The van der Waals surface area contributed by atoms with E-state index in [0.29, 0.717) is 0 Å². The zero-order valence-corrected chi connectivity index (χ0v) is 21.3. The molecular weight excluding hydrogens is 572 g/mol. The minimum atomic E-state index is -1.91. The molecule has 0 radical (unpaired) electrons. The summed E-state index contributed by atoms with van der Waals surface area (Å²) in [6.07, 6.45) is -17.0. The van der Waals surface area contributed by atoms with Crippen LogP contribution in [0.3, 0.4) is 0 Å². The van der Waals surface area contributed by atoms with Crippen LogP contribution in [0.15, 0.2) is 27.4 Å². The fourth-order valence-electron chi connectivity index (χ4n) is 4.76. The van der Waals surface area contributed by atoms with Crippen molar-refractivity contribution in [3.05, 3.63) is 28.4 Å². The van der Waals surface area contributed by atoms with E-state index in [4.69, 9.17) is 23.4 Å². The Morgan fingerprint density at radius 1 is 0.667 bits per heavy atom. The van der Waals surface area contributed by atoms with E-state index in [2.05, 4.69) is 0 Å². The van der Waals surface area contributed by atoms with Crippen LogP contribution in [-0.4, -0.2) is 131 Å². The van der Waals surface area contributed by atoms with Gasteiger partial charge in [-0.2, -0.15) is 0 Å². The van der Waals surface area contributed by atoms with Gasteiger partial charge in [-0.25, -0.2) is 0 Å². The van der Waals surface area contributed by atoms with E-state index in [1.54, 1.807) is 0 Å². The fourth-order valence-corrected chi connectivity index (χ4v) is 4.76. The molecule has 1 aromatic heterocycles. The number of aromatic hydroxyl groups is 3. The van der Waals surface area contributed by atoms with Crippen LogP contribution in [0.5, 0.6) is 28.7 Å². The summed E-state index contributed by atoms with van der Waals surface area (Å²) < 4.78 is 26.8. The number of hydrogen-bond acceptors (Lipinski definition) is 17. The van der Waals surface area contributed by atoms with Crippen LogP contribution < -0.4 is 14.9 Å². The van der Waals surface area contributed by atoms with Gasteiger partial charge in [-0.3, -0.25) is 4.79 Å². The summed E-state index contributed by atoms with van der Waals surface area (Å²) in [5, 5.41) is 110. The molecule has 17 heteroatoms. The van der Waals surface area contributed by atoms with Crippen LogP contribution >= 0.6 is 0 Å². The van der Waals surface area contributed by atoms with E-state index in [9.17, 15) is 61.0 Å². The van der Waals surface area contributed by atoms with Crippen molar-refractivity contribution >= 4 is 21.9 Å². The molecule has 42 heavy (non-hydrogen) atoms. The first-order valence-corrected chi connectivity index (χ1v) is 12.5. The van der Waals surface area contributed by atoms with E-state index in [1.807, 2.05) is 0 Å². The van der Waals surface area contributed by atoms with Crippen LogP contribution in [0, 0.1) is 0 Å². The predicted molar refractivity (Wildman–Crippen MR) is 134 cm³/mol. The summed E-state index contributed by atoms with van der Waals surface area (Å²) in [6.45, 7) is -1.53. The van der Waals surface area contributed by atoms with Crippen molar-refractivity contribution in [3.63, 3.8) is 0 Å². The Hall–Kier alpha value is -3.49. The van der Waals surface area contributed by atoms with Gasteiger partial charge >= 0.3 is 0 Å². The van der Waals surface area contributed by atoms with Gasteiger partial charge in [-0.1, -0.05) is 0 Å². The molecule has 0 amide bonds. The SMILES string of the molecule is O=c1c2cc(O[C@@H]3O[C@H](CO)[C@@H](O)[C@H](O)[C@H]3O)c(O)cc2oc2cc(O)c(O[C@@H]3O[C@H](CO)[C@@H](O)[C@H](O)[C@H]3O)c(O)c12. The van der Waals surface area contributed by atoms with Gasteiger partial charge in [0, 0.05) is 12.1 Å². The van der Waals surface area contributed by atoms with Crippen LogP contribution in [0.1, 0.15) is 0 Å². The zero-order chi connectivity index (χ0) is 30.6. The predicted octanol–water partition coefficient (Wildman–Crippen LogP) is -3.58. The number of ether oxygens (including phenoxy) is 4. The van der Waals surface area contributed by atoms with Gasteiger partial charge < -0.3 is 79.5 Å². The first-order chi connectivity index (χ1) is 19.9. The molecule has 0 spiro atoms. The Morgan fingerprint density at radius 2 is 1.19 bits per heavy atom. The molecule has 0 bridgehead atoms. The zero-order valence-electron chi connectivity index (χ0n) is 21.3. The highest BCUT2D eigenvalue weighted by molar-refractivity contribution is 5.96. The molecule has 0 unspecified atom stereocenters. The second-order valence-electron chi connectivity index (χ2n) is 9.82. The largest absolute Gasteiger partial charge is 0.504 e. The first kappa shape index (κ1) is 30.0. The standard InChI is InChI=1S/C25H28O17/c26-4-12-16(31)19(34)21(36)24(40-12)39-10-1-6-9(2-7(10)28)38-11-3-8(29)23(18(33)14(11)15(6)30)42-25-22(37)20(35)17(32)13(5-27)41-25/h1-3,12-13,16-17,19-22,24-29,31-37H,4-5H2/t12-,13-,16-,17-,19+,20+,21-,22-,24-,25+/m1/s1. The van der Waals surface area contributed by atoms with Gasteiger partial charge in [0.15, 0.2) is 23.0 Å². The van der Waals surface area contributed by atoms with Gasteiger partial charge in [0.05, 0.1) is 18.6 Å². The minimum Gasteiger partial charge on any atom is -0.504 e. The topological polar surface area (TPSA) is 290 Å². The summed E-state index contributed by atoms with van der Waals surface area (Å²) >= 11 is 0. The Morgan fingerprint density at radius 3 is 1.74 bits per heavy atom. The summed E-state index contributed by atoms with van der Waals surface area (Å²) in [5.41, 5.74) is -1.56. The molecule has 3 aromatic rings. The van der Waals surface area contributed by atoms with Crippen LogP contribution in [0.4, 0.5) is 0 Å². The van der Waals surface area contributed by atoms with Crippen molar-refractivity contribution in [2.75, 3.05) is 13.2 Å². The van der Waals surface area contributed by atoms with E-state index in [1.165, 1.54) is 0 Å². The maximum absolute atomic E-state index is 13.5. The van der Waals surface area contributed by atoms with E-state index in [0.717, 1.165) is 18.2 Å². The second-order valence-corrected chi connectivity index (χ2v) is 9.82. The summed E-state index contributed by atoms with van der Waals surface area (Å²) in [5.74, 6) is -3.66. The molecule has 10 atom stereocenters. The van der Waals surface area contributed by atoms with E-state index in [-0.39, 0.29) is 16.6 Å². The molecule has 11 N–H and O–H groups in total. The number of aliphatic hydroxyl groups is 8. The normalized spacial score (nSPS) is 33.6. The third-order valence-electron chi connectivity index (χ3n) is 7.13. The number of fused-ring (bicyclic) bond motifs is 2. The number of rotatable bonds is 6. The van der Waals surface area contributed by atoms with E-state index < -0.39 is 114 Å². The molecule has 0 aliphatic carbocycles. The number of phenols is 3. The van der Waals surface area contributed by atoms with Crippen LogP contribution in [0.25, 0.3) is 21.9 Å². The van der Waals surface area contributed by atoms with Crippen molar-refractivity contribution in [3.8, 4) is 28.7 Å². The lowest BCUT2D eigenvalue weighted by Crippen LogP contribution is -2.60. The van der Waals surface area contributed by atoms with Gasteiger partial charge in [0.2, 0.25) is 23.8 Å². The number of phenolic OH excluding ortho intramolecular Hbond substituents is 3. The highest BCUT2D eigenvalue weighted by Crippen LogP contribution is 2.44. The Balaban J connectivity index is 1.53. The fraction of sp³-hybridized carbons (Fsp3) is 0.480. The quantitative estimate of drug-likeness (QED) is 0.122. The molecule has 17 nitrogen and oxygen atoms in total. The minimum absolute atomic E-state index is 0.243. The lowest BCUT2D eigenvalue weighted by molar-refractivity contribution is -0.277. The molecule has 230 valence electrons.